The molecule has 2 aromatic rings. The first-order chi connectivity index (χ1) is 15.7. The van der Waals surface area contributed by atoms with E-state index in [1.165, 1.54) is 28.5 Å². The average Bonchev–Trinajstić information content (AvgIpc) is 2.81. The lowest BCUT2D eigenvalue weighted by atomic mass is 10.1. The summed E-state index contributed by atoms with van der Waals surface area (Å²) in [5, 5.41) is 0.0194. The summed E-state index contributed by atoms with van der Waals surface area (Å²) in [5.41, 5.74) is 1.77. The summed E-state index contributed by atoms with van der Waals surface area (Å²) in [6.07, 6.45) is -0.00176. The van der Waals surface area contributed by atoms with Crippen LogP contribution in [0.2, 0.25) is 0 Å². The highest BCUT2D eigenvalue weighted by Gasteiger charge is 2.29. The van der Waals surface area contributed by atoms with Crippen molar-refractivity contribution in [2.24, 2.45) is 7.05 Å². The molecule has 1 aliphatic heterocycles. The van der Waals surface area contributed by atoms with Crippen LogP contribution in [0.3, 0.4) is 0 Å². The summed E-state index contributed by atoms with van der Waals surface area (Å²) in [6, 6.07) is 6.04. The first-order valence-corrected chi connectivity index (χ1v) is 11.8. The number of benzene rings is 1. The van der Waals surface area contributed by atoms with Gasteiger partial charge in [-0.2, -0.15) is 0 Å². The molecule has 8 nitrogen and oxygen atoms in total. The first-order valence-electron chi connectivity index (χ1n) is 10.9. The van der Waals surface area contributed by atoms with Gasteiger partial charge < -0.3 is 14.5 Å². The van der Waals surface area contributed by atoms with Gasteiger partial charge in [-0.05, 0) is 38.5 Å². The van der Waals surface area contributed by atoms with Gasteiger partial charge in [0.2, 0.25) is 5.91 Å². The molecule has 33 heavy (non-hydrogen) atoms. The van der Waals surface area contributed by atoms with E-state index in [0.717, 1.165) is 5.56 Å². The molecule has 0 bridgehead atoms. The Balaban J connectivity index is 1.66. The summed E-state index contributed by atoms with van der Waals surface area (Å²) in [4.78, 5) is 45.7. The molecule has 2 amide bonds. The van der Waals surface area contributed by atoms with E-state index in [9.17, 15) is 18.8 Å². The van der Waals surface area contributed by atoms with Gasteiger partial charge in [0.1, 0.15) is 5.82 Å². The van der Waals surface area contributed by atoms with E-state index >= 15 is 0 Å². The Labute approximate surface area is 196 Å². The molecule has 0 radical (unpaired) electrons. The molecule has 3 rings (SSSR count). The van der Waals surface area contributed by atoms with Crippen LogP contribution in [0, 0.1) is 12.7 Å². The van der Waals surface area contributed by atoms with Gasteiger partial charge in [0.15, 0.2) is 5.16 Å². The van der Waals surface area contributed by atoms with Gasteiger partial charge >= 0.3 is 6.09 Å². The van der Waals surface area contributed by atoms with E-state index in [0.29, 0.717) is 55.6 Å². The number of hydrogen-bond donors (Lipinski definition) is 0. The lowest BCUT2D eigenvalue weighted by molar-refractivity contribution is -0.131. The van der Waals surface area contributed by atoms with Crippen molar-refractivity contribution >= 4 is 23.8 Å². The van der Waals surface area contributed by atoms with Crippen molar-refractivity contribution in [1.29, 1.82) is 0 Å². The van der Waals surface area contributed by atoms with Crippen LogP contribution in [0.4, 0.5) is 9.18 Å². The Bertz CT molecular complexity index is 1070. The van der Waals surface area contributed by atoms with E-state index < -0.39 is 5.25 Å². The van der Waals surface area contributed by atoms with Crippen LogP contribution in [0.25, 0.3) is 0 Å². The Kier molecular flexibility index (Phi) is 8.12. The second-order valence-corrected chi connectivity index (χ2v) is 9.21. The van der Waals surface area contributed by atoms with Gasteiger partial charge in [0.25, 0.3) is 5.56 Å². The molecule has 1 fully saturated rings. The molecule has 1 aliphatic rings. The fourth-order valence-electron chi connectivity index (χ4n) is 3.64. The Morgan fingerprint density at radius 2 is 1.76 bits per heavy atom. The van der Waals surface area contributed by atoms with Gasteiger partial charge in [-0.15, -0.1) is 0 Å². The molecule has 178 valence electrons. The summed E-state index contributed by atoms with van der Waals surface area (Å²) < 4.78 is 19.6. The van der Waals surface area contributed by atoms with Crippen molar-refractivity contribution in [3.8, 4) is 0 Å². The zero-order valence-corrected chi connectivity index (χ0v) is 20.2. The van der Waals surface area contributed by atoms with Crippen molar-refractivity contribution in [3.05, 3.63) is 57.3 Å². The molecule has 2 heterocycles. The van der Waals surface area contributed by atoms with Crippen molar-refractivity contribution in [2.45, 2.75) is 37.6 Å². The molecule has 0 N–H and O–H groups in total. The minimum absolute atomic E-state index is 0.0641. The highest BCUT2D eigenvalue weighted by Crippen LogP contribution is 2.23. The fourth-order valence-corrected chi connectivity index (χ4v) is 4.63. The second kappa shape index (κ2) is 10.8. The number of amides is 2. The van der Waals surface area contributed by atoms with Crippen molar-refractivity contribution in [3.63, 3.8) is 0 Å². The van der Waals surface area contributed by atoms with Crippen molar-refractivity contribution in [2.75, 3.05) is 32.8 Å². The van der Waals surface area contributed by atoms with Crippen LogP contribution in [-0.4, -0.2) is 69.4 Å². The van der Waals surface area contributed by atoms with E-state index in [-0.39, 0.29) is 23.4 Å². The fraction of sp³-hybridized carbons (Fsp3) is 0.478. The number of carbonyl (C=O) groups excluding carboxylic acids is 2. The first kappa shape index (κ1) is 24.8. The van der Waals surface area contributed by atoms with Crippen molar-refractivity contribution < 1.29 is 18.7 Å². The van der Waals surface area contributed by atoms with E-state index in [4.69, 9.17) is 4.74 Å². The SMILES string of the molecule is CCOC(=O)N1CCN(C(=O)C(C)Sc2nc(C)c(Cc3ccc(F)cc3)c(=O)n2C)CC1. The number of aryl methyl sites for hydroxylation is 1. The third-order valence-corrected chi connectivity index (χ3v) is 6.72. The molecular weight excluding hydrogens is 447 g/mol. The van der Waals surface area contributed by atoms with E-state index in [1.54, 1.807) is 49.8 Å². The molecule has 1 aromatic heterocycles. The van der Waals surface area contributed by atoms with Crippen LogP contribution in [0.1, 0.15) is 30.7 Å². The summed E-state index contributed by atoms with van der Waals surface area (Å²) in [6.45, 7) is 7.36. The number of carbonyl (C=O) groups is 2. The van der Waals surface area contributed by atoms with Crippen LogP contribution < -0.4 is 5.56 Å². The standard InChI is InChI=1S/C23H29FN4O4S/c1-5-32-23(31)28-12-10-27(11-13-28)20(29)16(3)33-22-25-15(2)19(21(30)26(22)4)14-17-6-8-18(24)9-7-17/h6-9,16H,5,10-14H2,1-4H3. The number of aromatic nitrogens is 2. The molecule has 0 saturated carbocycles. The molecule has 0 aliphatic carbocycles. The van der Waals surface area contributed by atoms with E-state index in [2.05, 4.69) is 4.98 Å². The number of piperazine rings is 1. The summed E-state index contributed by atoms with van der Waals surface area (Å²) in [5.74, 6) is -0.389. The molecule has 1 aromatic carbocycles. The predicted octanol–water partition coefficient (Wildman–Crippen LogP) is 2.60. The quantitative estimate of drug-likeness (QED) is 0.471. The molecule has 1 atom stereocenters. The smallest absolute Gasteiger partial charge is 0.409 e. The zero-order chi connectivity index (χ0) is 24.1. The monoisotopic (exact) mass is 476 g/mol. The third-order valence-electron chi connectivity index (χ3n) is 5.59. The highest BCUT2D eigenvalue weighted by molar-refractivity contribution is 8.00. The Hall–Kier alpha value is -2.88. The van der Waals surface area contributed by atoms with Crippen LogP contribution in [-0.2, 0) is 23.0 Å². The van der Waals surface area contributed by atoms with Gasteiger partial charge in [-0.1, -0.05) is 23.9 Å². The zero-order valence-electron chi connectivity index (χ0n) is 19.3. The number of hydrogen-bond acceptors (Lipinski definition) is 6. The van der Waals surface area contributed by atoms with Gasteiger partial charge in [-0.3, -0.25) is 14.2 Å². The van der Waals surface area contributed by atoms with Gasteiger partial charge in [0.05, 0.1) is 11.9 Å². The summed E-state index contributed by atoms with van der Waals surface area (Å²) in [7, 11) is 1.64. The number of ether oxygens (including phenoxy) is 1. The average molecular weight is 477 g/mol. The molecule has 10 heteroatoms. The predicted molar refractivity (Wildman–Crippen MR) is 124 cm³/mol. The molecule has 0 spiro atoms. The maximum Gasteiger partial charge on any atom is 0.409 e. The lowest BCUT2D eigenvalue weighted by Crippen LogP contribution is -2.52. The second-order valence-electron chi connectivity index (χ2n) is 7.90. The number of rotatable bonds is 6. The maximum atomic E-state index is 13.2. The highest BCUT2D eigenvalue weighted by atomic mass is 32.2. The van der Waals surface area contributed by atoms with E-state index in [1.807, 2.05) is 0 Å². The minimum Gasteiger partial charge on any atom is -0.450 e. The van der Waals surface area contributed by atoms with Gasteiger partial charge in [0, 0.05) is 50.9 Å². The number of thioether (sulfide) groups is 1. The minimum atomic E-state index is -0.445. The summed E-state index contributed by atoms with van der Waals surface area (Å²) >= 11 is 1.24. The van der Waals surface area contributed by atoms with Crippen molar-refractivity contribution in [1.82, 2.24) is 19.4 Å². The number of nitrogens with zero attached hydrogens (tertiary/aromatic N) is 4. The van der Waals surface area contributed by atoms with Crippen LogP contribution in [0.15, 0.2) is 34.2 Å². The molecule has 1 saturated heterocycles. The third kappa shape index (κ3) is 5.93. The maximum absolute atomic E-state index is 13.2. The Morgan fingerprint density at radius 3 is 2.36 bits per heavy atom. The normalized spacial score (nSPS) is 14.8. The topological polar surface area (TPSA) is 84.7 Å². The lowest BCUT2D eigenvalue weighted by Gasteiger charge is -2.35. The van der Waals surface area contributed by atoms with Crippen LogP contribution >= 0.6 is 11.8 Å². The molecular formula is C23H29FN4O4S. The van der Waals surface area contributed by atoms with Gasteiger partial charge in [-0.25, -0.2) is 14.2 Å². The molecule has 1 unspecified atom stereocenters. The Morgan fingerprint density at radius 1 is 1.15 bits per heavy atom. The number of halogens is 1. The van der Waals surface area contributed by atoms with Crippen LogP contribution in [0.5, 0.6) is 0 Å². The largest absolute Gasteiger partial charge is 0.450 e.